The fourth-order valence-corrected chi connectivity index (χ4v) is 6.95. The molecule has 1 aliphatic carbocycles. The zero-order chi connectivity index (χ0) is 24.6. The topological polar surface area (TPSA) is 9.86 Å². The summed E-state index contributed by atoms with van der Waals surface area (Å²) in [5.74, 6) is 0. The Labute approximate surface area is 219 Å². The predicted octanol–water partition coefficient (Wildman–Crippen LogP) is 10.3. The van der Waals surface area contributed by atoms with Gasteiger partial charge in [-0.25, -0.2) is 0 Å². The number of benzene rings is 4. The SMILES string of the molecule is c1ccc2c(c1)c1ccccc1n2-c1ccc2c(c1)c1ccccc1n2C1CCCCCCCCCC1. The molecule has 2 heteroatoms. The van der Waals surface area contributed by atoms with Gasteiger partial charge < -0.3 is 9.13 Å². The molecule has 2 aromatic heterocycles. The Morgan fingerprint density at radius 1 is 0.432 bits per heavy atom. The average molecular weight is 485 g/mol. The Morgan fingerprint density at radius 3 is 1.49 bits per heavy atom. The third-order valence-corrected chi connectivity index (χ3v) is 8.72. The summed E-state index contributed by atoms with van der Waals surface area (Å²) in [7, 11) is 0. The maximum Gasteiger partial charge on any atom is 0.0541 e. The van der Waals surface area contributed by atoms with Crippen LogP contribution in [0.5, 0.6) is 0 Å². The van der Waals surface area contributed by atoms with Gasteiger partial charge in [-0.05, 0) is 49.2 Å². The number of rotatable bonds is 2. The zero-order valence-electron chi connectivity index (χ0n) is 21.7. The van der Waals surface area contributed by atoms with Crippen molar-refractivity contribution in [3.63, 3.8) is 0 Å². The molecule has 0 atom stereocenters. The van der Waals surface area contributed by atoms with Gasteiger partial charge in [0.05, 0.1) is 11.0 Å². The summed E-state index contributed by atoms with van der Waals surface area (Å²) in [5.41, 5.74) is 6.59. The molecule has 4 aromatic carbocycles. The summed E-state index contributed by atoms with van der Waals surface area (Å²) in [5, 5.41) is 5.40. The average Bonchev–Trinajstić information content (AvgIpc) is 3.43. The minimum atomic E-state index is 0.583. The fraction of sp³-hybridized carbons (Fsp3) is 0.314. The molecule has 1 saturated carbocycles. The molecule has 0 aliphatic heterocycles. The van der Waals surface area contributed by atoms with Gasteiger partial charge in [-0.15, -0.1) is 0 Å². The highest BCUT2D eigenvalue weighted by molar-refractivity contribution is 6.11. The van der Waals surface area contributed by atoms with Crippen molar-refractivity contribution in [3.8, 4) is 5.69 Å². The fourth-order valence-electron chi connectivity index (χ4n) is 6.95. The molecule has 0 bridgehead atoms. The van der Waals surface area contributed by atoms with Crippen LogP contribution in [0.3, 0.4) is 0 Å². The van der Waals surface area contributed by atoms with E-state index in [0.29, 0.717) is 6.04 Å². The highest BCUT2D eigenvalue weighted by Crippen LogP contribution is 2.38. The lowest BCUT2D eigenvalue weighted by Gasteiger charge is -2.22. The molecule has 37 heavy (non-hydrogen) atoms. The van der Waals surface area contributed by atoms with Crippen LogP contribution in [0, 0.1) is 0 Å². The Balaban J connectivity index is 1.41. The molecular formula is C35H36N2. The van der Waals surface area contributed by atoms with Crippen molar-refractivity contribution in [3.05, 3.63) is 91.0 Å². The summed E-state index contributed by atoms with van der Waals surface area (Å²) in [6.07, 6.45) is 13.7. The Hall–Kier alpha value is -3.52. The molecule has 0 spiro atoms. The van der Waals surface area contributed by atoms with E-state index >= 15 is 0 Å². The number of para-hydroxylation sites is 3. The van der Waals surface area contributed by atoms with Crippen LogP contribution in [0.25, 0.3) is 49.3 Å². The van der Waals surface area contributed by atoms with Crippen LogP contribution in [-0.2, 0) is 0 Å². The maximum atomic E-state index is 2.71. The quantitative estimate of drug-likeness (QED) is 0.231. The molecule has 0 saturated heterocycles. The lowest BCUT2D eigenvalue weighted by molar-refractivity contribution is 0.421. The monoisotopic (exact) mass is 484 g/mol. The molecule has 186 valence electrons. The van der Waals surface area contributed by atoms with Gasteiger partial charge in [0, 0.05) is 44.3 Å². The van der Waals surface area contributed by atoms with Crippen molar-refractivity contribution < 1.29 is 0 Å². The van der Waals surface area contributed by atoms with Crippen LogP contribution >= 0.6 is 0 Å². The molecule has 1 aliphatic rings. The summed E-state index contributed by atoms with van der Waals surface area (Å²) in [6.45, 7) is 0. The lowest BCUT2D eigenvalue weighted by Crippen LogP contribution is -2.09. The third kappa shape index (κ3) is 3.94. The molecule has 2 heterocycles. The number of fused-ring (bicyclic) bond motifs is 6. The van der Waals surface area contributed by atoms with Gasteiger partial charge in [-0.3, -0.25) is 0 Å². The van der Waals surface area contributed by atoms with E-state index in [0.717, 1.165) is 0 Å². The van der Waals surface area contributed by atoms with E-state index in [4.69, 9.17) is 0 Å². The first-order valence-corrected chi connectivity index (χ1v) is 14.4. The second-order valence-corrected chi connectivity index (χ2v) is 11.0. The molecule has 0 amide bonds. The number of hydrogen-bond donors (Lipinski definition) is 0. The van der Waals surface area contributed by atoms with E-state index in [1.165, 1.54) is 114 Å². The van der Waals surface area contributed by atoms with Crippen LogP contribution in [0.2, 0.25) is 0 Å². The first-order chi connectivity index (χ1) is 18.4. The first-order valence-electron chi connectivity index (χ1n) is 14.4. The Morgan fingerprint density at radius 2 is 0.892 bits per heavy atom. The minimum Gasteiger partial charge on any atom is -0.337 e. The second kappa shape index (κ2) is 9.74. The van der Waals surface area contributed by atoms with E-state index in [1.807, 2.05) is 0 Å². The smallest absolute Gasteiger partial charge is 0.0541 e. The number of hydrogen-bond acceptors (Lipinski definition) is 0. The number of aromatic nitrogens is 2. The van der Waals surface area contributed by atoms with Crippen molar-refractivity contribution in [2.24, 2.45) is 0 Å². The van der Waals surface area contributed by atoms with Gasteiger partial charge in [-0.2, -0.15) is 0 Å². The van der Waals surface area contributed by atoms with Gasteiger partial charge in [0.25, 0.3) is 0 Å². The number of nitrogens with zero attached hydrogens (tertiary/aromatic N) is 2. The highest BCUT2D eigenvalue weighted by Gasteiger charge is 2.20. The van der Waals surface area contributed by atoms with Crippen molar-refractivity contribution in [2.45, 2.75) is 70.3 Å². The summed E-state index contributed by atoms with van der Waals surface area (Å²) < 4.78 is 5.15. The van der Waals surface area contributed by atoms with Crippen molar-refractivity contribution in [2.75, 3.05) is 0 Å². The van der Waals surface area contributed by atoms with Gasteiger partial charge in [-0.1, -0.05) is 106 Å². The van der Waals surface area contributed by atoms with Crippen LogP contribution < -0.4 is 0 Å². The normalized spacial score (nSPS) is 16.5. The van der Waals surface area contributed by atoms with Gasteiger partial charge in [0.15, 0.2) is 0 Å². The minimum absolute atomic E-state index is 0.583. The first kappa shape index (κ1) is 22.7. The van der Waals surface area contributed by atoms with Gasteiger partial charge in [0.1, 0.15) is 0 Å². The van der Waals surface area contributed by atoms with Crippen molar-refractivity contribution in [1.29, 1.82) is 0 Å². The van der Waals surface area contributed by atoms with Crippen LogP contribution in [0.4, 0.5) is 0 Å². The van der Waals surface area contributed by atoms with E-state index in [1.54, 1.807) is 0 Å². The molecule has 0 radical (unpaired) electrons. The summed E-state index contributed by atoms with van der Waals surface area (Å²) >= 11 is 0. The largest absolute Gasteiger partial charge is 0.337 e. The van der Waals surface area contributed by atoms with Crippen molar-refractivity contribution in [1.82, 2.24) is 9.13 Å². The van der Waals surface area contributed by atoms with E-state index in [-0.39, 0.29) is 0 Å². The Kier molecular flexibility index (Phi) is 5.97. The van der Waals surface area contributed by atoms with E-state index in [9.17, 15) is 0 Å². The summed E-state index contributed by atoms with van der Waals surface area (Å²) in [4.78, 5) is 0. The highest BCUT2D eigenvalue weighted by atomic mass is 15.0. The molecule has 6 aromatic rings. The van der Waals surface area contributed by atoms with Crippen molar-refractivity contribution >= 4 is 43.6 Å². The van der Waals surface area contributed by atoms with Gasteiger partial charge >= 0.3 is 0 Å². The molecular weight excluding hydrogens is 448 g/mol. The van der Waals surface area contributed by atoms with Gasteiger partial charge in [0.2, 0.25) is 0 Å². The predicted molar refractivity (Wildman–Crippen MR) is 159 cm³/mol. The Bertz CT molecular complexity index is 1630. The van der Waals surface area contributed by atoms with E-state index < -0.39 is 0 Å². The molecule has 0 N–H and O–H groups in total. The summed E-state index contributed by atoms with van der Waals surface area (Å²) in [6, 6.07) is 34.5. The zero-order valence-corrected chi connectivity index (χ0v) is 21.7. The van der Waals surface area contributed by atoms with Crippen LogP contribution in [-0.4, -0.2) is 9.13 Å². The van der Waals surface area contributed by atoms with E-state index in [2.05, 4.69) is 100 Å². The molecule has 0 unspecified atom stereocenters. The third-order valence-electron chi connectivity index (χ3n) is 8.72. The van der Waals surface area contributed by atoms with Crippen LogP contribution in [0.1, 0.15) is 70.3 Å². The molecule has 2 nitrogen and oxygen atoms in total. The molecule has 1 fully saturated rings. The molecule has 7 rings (SSSR count). The standard InChI is InChI=1S/C35H36N2/c1-2-4-6-8-16-26(15-7-5-3-1)36-34-22-14-11-19-30(34)31-25-27(23-24-35(31)36)37-32-20-12-9-17-28(32)29-18-10-13-21-33(29)37/h9-14,17-26H,1-8,15-16H2. The lowest BCUT2D eigenvalue weighted by atomic mass is 10.0. The van der Waals surface area contributed by atoms with Crippen LogP contribution in [0.15, 0.2) is 91.0 Å². The maximum absolute atomic E-state index is 2.71. The second-order valence-electron chi connectivity index (χ2n) is 11.0.